The van der Waals surface area contributed by atoms with Gasteiger partial charge in [-0.3, -0.25) is 0 Å². The van der Waals surface area contributed by atoms with Crippen molar-refractivity contribution in [2.75, 3.05) is 6.61 Å². The minimum absolute atomic E-state index is 0.110. The number of halogens is 4. The Morgan fingerprint density at radius 2 is 1.34 bits per heavy atom. The molecule has 1 saturated heterocycles. The van der Waals surface area contributed by atoms with Gasteiger partial charge in [0.2, 0.25) is 0 Å². The number of aryl methyl sites for hydroxylation is 1. The Labute approximate surface area is 223 Å². The van der Waals surface area contributed by atoms with Crippen molar-refractivity contribution >= 4 is 0 Å². The highest BCUT2D eigenvalue weighted by molar-refractivity contribution is 5.71. The molecule has 2 unspecified atom stereocenters. The van der Waals surface area contributed by atoms with Crippen LogP contribution in [0, 0.1) is 29.2 Å². The average Bonchev–Trinajstić information content (AvgIpc) is 2.94. The zero-order valence-electron chi connectivity index (χ0n) is 22.0. The molecule has 3 aromatic carbocycles. The summed E-state index contributed by atoms with van der Waals surface area (Å²) in [5, 5.41) is 0. The van der Waals surface area contributed by atoms with E-state index in [2.05, 4.69) is 13.5 Å². The molecule has 202 valence electrons. The number of unbranched alkanes of at least 4 members (excludes halogenated alkanes) is 5. The third kappa shape index (κ3) is 6.37. The fraction of sp³-hybridized carbons (Fsp3) is 0.394. The number of rotatable bonds is 11. The molecular formula is C33H36F4O. The second-order valence-electron chi connectivity index (χ2n) is 10.2. The van der Waals surface area contributed by atoms with Gasteiger partial charge in [0.15, 0.2) is 23.3 Å². The Kier molecular flexibility index (Phi) is 9.79. The van der Waals surface area contributed by atoms with Gasteiger partial charge < -0.3 is 4.74 Å². The van der Waals surface area contributed by atoms with Gasteiger partial charge in [-0.2, -0.15) is 0 Å². The van der Waals surface area contributed by atoms with E-state index < -0.39 is 29.4 Å². The van der Waals surface area contributed by atoms with Gasteiger partial charge in [0, 0.05) is 22.6 Å². The molecule has 1 fully saturated rings. The van der Waals surface area contributed by atoms with E-state index in [1.165, 1.54) is 19.3 Å². The third-order valence-corrected chi connectivity index (χ3v) is 7.57. The summed E-state index contributed by atoms with van der Waals surface area (Å²) in [7, 11) is 0. The van der Waals surface area contributed by atoms with Gasteiger partial charge in [0.1, 0.15) is 0 Å². The van der Waals surface area contributed by atoms with E-state index in [1.807, 2.05) is 6.08 Å². The molecule has 5 heteroatoms. The fourth-order valence-electron chi connectivity index (χ4n) is 5.17. The number of hydrogen-bond donors (Lipinski definition) is 0. The van der Waals surface area contributed by atoms with Crippen LogP contribution in [-0.2, 0) is 11.2 Å². The zero-order chi connectivity index (χ0) is 27.1. The first-order valence-electron chi connectivity index (χ1n) is 13.7. The fourth-order valence-corrected chi connectivity index (χ4v) is 5.17. The Morgan fingerprint density at radius 3 is 1.95 bits per heavy atom. The van der Waals surface area contributed by atoms with Crippen LogP contribution >= 0.6 is 0 Å². The molecule has 3 aromatic rings. The molecule has 1 aliphatic rings. The maximum Gasteiger partial charge on any atom is 0.167 e. The van der Waals surface area contributed by atoms with E-state index in [0.29, 0.717) is 36.1 Å². The molecule has 0 N–H and O–H groups in total. The molecule has 4 rings (SSSR count). The first-order chi connectivity index (χ1) is 18.4. The molecule has 2 atom stereocenters. The van der Waals surface area contributed by atoms with Crippen molar-refractivity contribution in [1.29, 1.82) is 0 Å². The van der Waals surface area contributed by atoms with Crippen molar-refractivity contribution in [3.63, 3.8) is 0 Å². The summed E-state index contributed by atoms with van der Waals surface area (Å²) in [5.74, 6) is -3.32. The highest BCUT2D eigenvalue weighted by Crippen LogP contribution is 2.36. The smallest absolute Gasteiger partial charge is 0.167 e. The van der Waals surface area contributed by atoms with Crippen LogP contribution in [0.25, 0.3) is 22.3 Å². The quantitative estimate of drug-likeness (QED) is 0.138. The van der Waals surface area contributed by atoms with Crippen LogP contribution in [0.1, 0.15) is 75.5 Å². The highest BCUT2D eigenvalue weighted by Gasteiger charge is 2.26. The summed E-state index contributed by atoms with van der Waals surface area (Å²) in [6.45, 7) is 6.37. The summed E-state index contributed by atoms with van der Waals surface area (Å²) in [4.78, 5) is 0. The van der Waals surface area contributed by atoms with Crippen molar-refractivity contribution in [2.24, 2.45) is 5.92 Å². The lowest BCUT2D eigenvalue weighted by Gasteiger charge is -2.28. The second kappa shape index (κ2) is 13.2. The maximum atomic E-state index is 15.1. The van der Waals surface area contributed by atoms with Gasteiger partial charge in [0.05, 0.1) is 12.7 Å². The molecule has 0 spiro atoms. The molecule has 0 radical (unpaired) electrons. The van der Waals surface area contributed by atoms with Crippen LogP contribution in [-0.4, -0.2) is 6.61 Å². The molecule has 1 heterocycles. The molecule has 1 aliphatic heterocycles. The molecular weight excluding hydrogens is 488 g/mol. The summed E-state index contributed by atoms with van der Waals surface area (Å²) >= 11 is 0. The Hall–Kier alpha value is -2.92. The summed E-state index contributed by atoms with van der Waals surface area (Å²) < 4.78 is 65.5. The van der Waals surface area contributed by atoms with Crippen LogP contribution in [0.3, 0.4) is 0 Å². The van der Waals surface area contributed by atoms with E-state index in [4.69, 9.17) is 4.74 Å². The van der Waals surface area contributed by atoms with Crippen LogP contribution in [0.5, 0.6) is 0 Å². The largest absolute Gasteiger partial charge is 0.373 e. The van der Waals surface area contributed by atoms with Gasteiger partial charge in [0.25, 0.3) is 0 Å². The van der Waals surface area contributed by atoms with Crippen molar-refractivity contribution in [1.82, 2.24) is 0 Å². The van der Waals surface area contributed by atoms with E-state index in [0.717, 1.165) is 25.7 Å². The van der Waals surface area contributed by atoms with E-state index in [-0.39, 0.29) is 22.6 Å². The van der Waals surface area contributed by atoms with Crippen LogP contribution in [0.2, 0.25) is 0 Å². The Morgan fingerprint density at radius 1 is 0.737 bits per heavy atom. The predicted octanol–water partition coefficient (Wildman–Crippen LogP) is 10.1. The molecule has 0 aliphatic carbocycles. The molecule has 1 nitrogen and oxygen atoms in total. The van der Waals surface area contributed by atoms with Crippen LogP contribution < -0.4 is 0 Å². The molecule has 0 bridgehead atoms. The van der Waals surface area contributed by atoms with Crippen molar-refractivity contribution in [3.05, 3.63) is 95.6 Å². The molecule has 0 saturated carbocycles. The molecule has 0 aromatic heterocycles. The SMILES string of the molecule is C=CC1CCC(c2ccc(-c3ccc(-c4ccc(CCCCCCCC)c(F)c4F)cc3)c(F)c2F)OC1. The van der Waals surface area contributed by atoms with Gasteiger partial charge in [-0.05, 0) is 42.4 Å². The number of hydrogen-bond acceptors (Lipinski definition) is 1. The summed E-state index contributed by atoms with van der Waals surface area (Å²) in [6, 6.07) is 12.8. The lowest BCUT2D eigenvalue weighted by atomic mass is 9.92. The standard InChI is InChI=1S/C33H36F4O/c1-3-5-6-7-8-9-10-25-16-17-26(31(35)30(25)34)23-12-14-24(15-13-23)27-18-19-28(33(37)32(27)36)29-20-11-22(4-2)21-38-29/h4,12-19,22,29H,2-3,5-11,20-21H2,1H3. The zero-order valence-corrected chi connectivity index (χ0v) is 22.0. The number of ether oxygens (including phenoxy) is 1. The first-order valence-corrected chi connectivity index (χ1v) is 13.7. The normalized spacial score (nSPS) is 17.5. The highest BCUT2D eigenvalue weighted by atomic mass is 19.2. The topological polar surface area (TPSA) is 9.23 Å². The van der Waals surface area contributed by atoms with Crippen molar-refractivity contribution < 1.29 is 22.3 Å². The lowest BCUT2D eigenvalue weighted by Crippen LogP contribution is -2.20. The van der Waals surface area contributed by atoms with Gasteiger partial charge >= 0.3 is 0 Å². The van der Waals surface area contributed by atoms with E-state index >= 15 is 4.39 Å². The maximum absolute atomic E-state index is 15.1. The first kappa shape index (κ1) is 28.1. The Balaban J connectivity index is 1.46. The predicted molar refractivity (Wildman–Crippen MR) is 146 cm³/mol. The summed E-state index contributed by atoms with van der Waals surface area (Å²) in [5.41, 5.74) is 1.78. The van der Waals surface area contributed by atoms with Crippen LogP contribution in [0.15, 0.2) is 61.2 Å². The third-order valence-electron chi connectivity index (χ3n) is 7.57. The van der Waals surface area contributed by atoms with Crippen molar-refractivity contribution in [2.45, 2.75) is 70.8 Å². The van der Waals surface area contributed by atoms with Gasteiger partial charge in [-0.25, -0.2) is 17.6 Å². The minimum Gasteiger partial charge on any atom is -0.373 e. The second-order valence-corrected chi connectivity index (χ2v) is 10.2. The van der Waals surface area contributed by atoms with Crippen molar-refractivity contribution in [3.8, 4) is 22.3 Å². The van der Waals surface area contributed by atoms with Crippen LogP contribution in [0.4, 0.5) is 17.6 Å². The minimum atomic E-state index is -0.944. The van der Waals surface area contributed by atoms with Gasteiger partial charge in [-0.15, -0.1) is 6.58 Å². The van der Waals surface area contributed by atoms with E-state index in [9.17, 15) is 13.2 Å². The Bertz CT molecular complexity index is 1230. The molecule has 0 amide bonds. The van der Waals surface area contributed by atoms with Gasteiger partial charge in [-0.1, -0.05) is 93.6 Å². The lowest BCUT2D eigenvalue weighted by molar-refractivity contribution is -0.00732. The average molecular weight is 525 g/mol. The number of benzene rings is 3. The summed E-state index contributed by atoms with van der Waals surface area (Å²) in [6.07, 6.45) is 9.76. The molecule has 38 heavy (non-hydrogen) atoms. The monoisotopic (exact) mass is 524 g/mol. The van der Waals surface area contributed by atoms with E-state index in [1.54, 1.807) is 48.5 Å².